The van der Waals surface area contributed by atoms with Crippen molar-refractivity contribution in [3.8, 4) is 0 Å². The molecule has 0 aromatic heterocycles. The Kier molecular flexibility index (Phi) is 7.84. The molecule has 0 atom stereocenters. The molecule has 0 radical (unpaired) electrons. The second-order valence-corrected chi connectivity index (χ2v) is 9.54. The quantitative estimate of drug-likeness (QED) is 0.476. The molecular formula is C23H22ClN3O3S2. The first-order chi connectivity index (χ1) is 15.3. The molecule has 32 heavy (non-hydrogen) atoms. The van der Waals surface area contributed by atoms with Crippen molar-refractivity contribution >= 4 is 56.2 Å². The molecule has 0 saturated heterocycles. The molecule has 0 unspecified atom stereocenters. The minimum Gasteiger partial charge on any atom is -0.332 e. The van der Waals surface area contributed by atoms with Gasteiger partial charge in [-0.15, -0.1) is 0 Å². The smallest absolute Gasteiger partial charge is 0.264 e. The summed E-state index contributed by atoms with van der Waals surface area (Å²) >= 11 is 11.0. The molecular weight excluding hydrogens is 466 g/mol. The van der Waals surface area contributed by atoms with Crippen molar-refractivity contribution in [2.45, 2.75) is 18.2 Å². The highest BCUT2D eigenvalue weighted by Crippen LogP contribution is 2.24. The number of halogens is 1. The lowest BCUT2D eigenvalue weighted by molar-refractivity contribution is -0.119. The molecule has 3 aromatic carbocycles. The van der Waals surface area contributed by atoms with Crippen LogP contribution < -0.4 is 14.9 Å². The van der Waals surface area contributed by atoms with Gasteiger partial charge in [-0.1, -0.05) is 41.9 Å². The molecule has 0 aliphatic carbocycles. The van der Waals surface area contributed by atoms with Gasteiger partial charge >= 0.3 is 0 Å². The summed E-state index contributed by atoms with van der Waals surface area (Å²) in [7, 11) is -3.71. The van der Waals surface area contributed by atoms with Gasteiger partial charge in [-0.05, 0) is 73.2 Å². The maximum atomic E-state index is 13.1. The second-order valence-electron chi connectivity index (χ2n) is 6.84. The summed E-state index contributed by atoms with van der Waals surface area (Å²) in [6, 6.07) is 22.1. The topological polar surface area (TPSA) is 78.5 Å². The van der Waals surface area contributed by atoms with Gasteiger partial charge in [0.05, 0.1) is 17.0 Å². The SMILES string of the molecule is CCN(c1ccccc1)S(=O)(=O)c1ccc(NC(=S)NC(=O)Cc2ccc(Cl)cc2)cc1. The first-order valence-corrected chi connectivity index (χ1v) is 12.1. The number of sulfonamides is 1. The van der Waals surface area contributed by atoms with Crippen LogP contribution in [-0.2, 0) is 21.2 Å². The summed E-state index contributed by atoms with van der Waals surface area (Å²) in [5.74, 6) is -0.273. The third-order valence-electron chi connectivity index (χ3n) is 4.56. The van der Waals surface area contributed by atoms with Crippen molar-refractivity contribution in [2.24, 2.45) is 0 Å². The molecule has 0 aliphatic rings. The third kappa shape index (κ3) is 6.06. The van der Waals surface area contributed by atoms with Crippen LogP contribution >= 0.6 is 23.8 Å². The van der Waals surface area contributed by atoms with E-state index in [1.54, 1.807) is 67.6 Å². The zero-order valence-corrected chi connectivity index (χ0v) is 19.7. The normalized spacial score (nSPS) is 10.9. The first kappa shape index (κ1) is 23.7. The number of nitrogens with one attached hydrogen (secondary N) is 2. The number of hydrogen-bond acceptors (Lipinski definition) is 4. The van der Waals surface area contributed by atoms with Crippen molar-refractivity contribution in [3.05, 3.63) is 89.4 Å². The minimum atomic E-state index is -3.71. The number of thiocarbonyl (C=S) groups is 1. The van der Waals surface area contributed by atoms with Crippen LogP contribution in [0.1, 0.15) is 12.5 Å². The van der Waals surface area contributed by atoms with Gasteiger partial charge in [0, 0.05) is 17.3 Å². The molecule has 2 N–H and O–H groups in total. The van der Waals surface area contributed by atoms with Crippen molar-refractivity contribution in [1.82, 2.24) is 5.32 Å². The molecule has 0 saturated carbocycles. The van der Waals surface area contributed by atoms with Gasteiger partial charge < -0.3 is 10.6 Å². The Labute approximate surface area is 198 Å². The van der Waals surface area contributed by atoms with Crippen LogP contribution in [0, 0.1) is 0 Å². The molecule has 6 nitrogen and oxygen atoms in total. The Morgan fingerprint density at radius 3 is 2.19 bits per heavy atom. The van der Waals surface area contributed by atoms with Crippen LogP contribution in [0.2, 0.25) is 5.02 Å². The number of carbonyl (C=O) groups excluding carboxylic acids is 1. The van der Waals surface area contributed by atoms with E-state index in [1.807, 2.05) is 6.07 Å². The summed E-state index contributed by atoms with van der Waals surface area (Å²) in [6.45, 7) is 2.09. The number of nitrogens with zero attached hydrogens (tertiary/aromatic N) is 1. The lowest BCUT2D eigenvalue weighted by Gasteiger charge is -2.23. The summed E-state index contributed by atoms with van der Waals surface area (Å²) in [5.41, 5.74) is 1.97. The van der Waals surface area contributed by atoms with Crippen LogP contribution in [0.5, 0.6) is 0 Å². The molecule has 0 aliphatic heterocycles. The molecule has 9 heteroatoms. The fraction of sp³-hybridized carbons (Fsp3) is 0.130. The Bertz CT molecular complexity index is 1180. The standard InChI is InChI=1S/C23H22ClN3O3S2/c1-2-27(20-6-4-3-5-7-20)32(29,30)21-14-12-19(13-15-21)25-23(31)26-22(28)16-17-8-10-18(24)11-9-17/h3-15H,2,16H2,1H3,(H2,25,26,28,31). The number of anilines is 2. The Balaban J connectivity index is 1.63. The van der Waals surface area contributed by atoms with E-state index in [2.05, 4.69) is 10.6 Å². The molecule has 1 amide bonds. The number of hydrogen-bond donors (Lipinski definition) is 2. The molecule has 0 heterocycles. The van der Waals surface area contributed by atoms with Crippen LogP contribution in [-0.4, -0.2) is 26.0 Å². The summed E-state index contributed by atoms with van der Waals surface area (Å²) in [6.07, 6.45) is 0.155. The number of para-hydroxylation sites is 1. The molecule has 0 bridgehead atoms. The van der Waals surface area contributed by atoms with E-state index in [0.717, 1.165) is 5.56 Å². The van der Waals surface area contributed by atoms with Crippen LogP contribution in [0.3, 0.4) is 0 Å². The summed E-state index contributed by atoms with van der Waals surface area (Å²) in [5, 5.41) is 6.22. The number of rotatable bonds is 7. The Hall–Kier alpha value is -2.94. The zero-order valence-electron chi connectivity index (χ0n) is 17.3. The Morgan fingerprint density at radius 2 is 1.59 bits per heavy atom. The number of amides is 1. The summed E-state index contributed by atoms with van der Waals surface area (Å²) in [4.78, 5) is 12.3. The van der Waals surface area contributed by atoms with Crippen molar-refractivity contribution in [3.63, 3.8) is 0 Å². The maximum Gasteiger partial charge on any atom is 0.264 e. The van der Waals surface area contributed by atoms with Crippen molar-refractivity contribution < 1.29 is 13.2 Å². The fourth-order valence-corrected chi connectivity index (χ4v) is 4.88. The van der Waals surface area contributed by atoms with Crippen LogP contribution in [0.25, 0.3) is 0 Å². The Morgan fingerprint density at radius 1 is 0.969 bits per heavy atom. The van der Waals surface area contributed by atoms with E-state index >= 15 is 0 Å². The van der Waals surface area contributed by atoms with Gasteiger partial charge in [-0.25, -0.2) is 8.42 Å². The highest BCUT2D eigenvalue weighted by Gasteiger charge is 2.23. The van der Waals surface area contributed by atoms with E-state index in [9.17, 15) is 13.2 Å². The fourth-order valence-electron chi connectivity index (χ4n) is 3.04. The van der Waals surface area contributed by atoms with Gasteiger partial charge in [0.15, 0.2) is 5.11 Å². The van der Waals surface area contributed by atoms with Gasteiger partial charge in [0.1, 0.15) is 0 Å². The highest BCUT2D eigenvalue weighted by molar-refractivity contribution is 7.92. The molecule has 166 valence electrons. The van der Waals surface area contributed by atoms with Gasteiger partial charge in [-0.3, -0.25) is 9.10 Å². The first-order valence-electron chi connectivity index (χ1n) is 9.82. The molecule has 3 rings (SSSR count). The highest BCUT2D eigenvalue weighted by atomic mass is 35.5. The van der Waals surface area contributed by atoms with Gasteiger partial charge in [0.25, 0.3) is 10.0 Å². The maximum absolute atomic E-state index is 13.1. The molecule has 0 spiro atoms. The average molecular weight is 488 g/mol. The monoisotopic (exact) mass is 487 g/mol. The van der Waals surface area contributed by atoms with Crippen molar-refractivity contribution in [1.29, 1.82) is 0 Å². The van der Waals surface area contributed by atoms with E-state index in [1.165, 1.54) is 16.4 Å². The molecule has 3 aromatic rings. The predicted octanol–water partition coefficient (Wildman–Crippen LogP) is 4.61. The van der Waals surface area contributed by atoms with Crippen LogP contribution in [0.4, 0.5) is 11.4 Å². The van der Waals surface area contributed by atoms with E-state index in [4.69, 9.17) is 23.8 Å². The minimum absolute atomic E-state index is 0.124. The molecule has 0 fully saturated rings. The zero-order chi connectivity index (χ0) is 23.1. The van der Waals surface area contributed by atoms with E-state index in [0.29, 0.717) is 22.9 Å². The number of benzene rings is 3. The van der Waals surface area contributed by atoms with Gasteiger partial charge in [0.2, 0.25) is 5.91 Å². The lowest BCUT2D eigenvalue weighted by Crippen LogP contribution is -2.35. The average Bonchev–Trinajstić information content (AvgIpc) is 2.76. The lowest BCUT2D eigenvalue weighted by atomic mass is 10.1. The second kappa shape index (κ2) is 10.6. The van der Waals surface area contributed by atoms with E-state index < -0.39 is 10.0 Å². The van der Waals surface area contributed by atoms with E-state index in [-0.39, 0.29) is 22.3 Å². The van der Waals surface area contributed by atoms with Crippen LogP contribution in [0.15, 0.2) is 83.8 Å². The summed E-state index contributed by atoms with van der Waals surface area (Å²) < 4.78 is 27.4. The van der Waals surface area contributed by atoms with Crippen molar-refractivity contribution in [2.75, 3.05) is 16.2 Å². The largest absolute Gasteiger partial charge is 0.332 e. The number of carbonyl (C=O) groups is 1. The van der Waals surface area contributed by atoms with Gasteiger partial charge in [-0.2, -0.15) is 0 Å². The third-order valence-corrected chi connectivity index (χ3v) is 6.94. The predicted molar refractivity (Wildman–Crippen MR) is 133 cm³/mol.